The molecule has 4 aliphatic rings. The second-order valence-corrected chi connectivity index (χ2v) is 10.2. The van der Waals surface area contributed by atoms with Crippen LogP contribution in [0, 0.1) is 11.8 Å². The molecule has 3 amide bonds. The summed E-state index contributed by atoms with van der Waals surface area (Å²) >= 11 is 6.31. The van der Waals surface area contributed by atoms with Crippen LogP contribution in [0.4, 0.5) is 11.4 Å². The minimum Gasteiger partial charge on any atom is -0.504 e. The Labute approximate surface area is 220 Å². The maximum absolute atomic E-state index is 14.1. The fourth-order valence-electron chi connectivity index (χ4n) is 6.18. The van der Waals surface area contributed by atoms with Gasteiger partial charge in [0.15, 0.2) is 23.0 Å². The topological polar surface area (TPSA) is 137 Å². The van der Waals surface area contributed by atoms with E-state index in [1.54, 1.807) is 42.5 Å². The first-order chi connectivity index (χ1) is 18.3. The number of benzene rings is 3. The van der Waals surface area contributed by atoms with E-state index in [-0.39, 0.29) is 24.7 Å². The number of nitrogens with zero attached hydrogens (tertiary/aromatic N) is 1. The molecule has 1 spiro atoms. The Bertz CT molecular complexity index is 1580. The SMILES string of the molecule is O=C1[C@H]2C(Cc3ccc(O)c(O)c3)NC3(C(=O)Nc4ccc(Cl)cc43)[C@H]2C(=O)N1c1ccc2c(c1)OCO2. The summed E-state index contributed by atoms with van der Waals surface area (Å²) < 4.78 is 10.8. The summed E-state index contributed by atoms with van der Waals surface area (Å²) in [4.78, 5) is 42.8. The predicted molar refractivity (Wildman–Crippen MR) is 134 cm³/mol. The number of rotatable bonds is 3. The standard InChI is InChI=1S/C27H20ClN3O7/c28-13-2-4-16-15(9-13)27(26(36)29-16)23-22(17(30-27)7-12-1-5-18(32)19(33)8-12)24(34)31(25(23)35)14-3-6-20-21(10-14)38-11-37-20/h1-6,8-10,17,22-23,30,32-33H,7,11H2,(H,29,36)/t17?,22-,23+,27?/m0/s1. The van der Waals surface area contributed by atoms with Crippen molar-refractivity contribution in [1.29, 1.82) is 0 Å². The van der Waals surface area contributed by atoms with Crippen LogP contribution in [-0.4, -0.2) is 40.8 Å². The van der Waals surface area contributed by atoms with Gasteiger partial charge in [0, 0.05) is 28.4 Å². The molecule has 0 aromatic heterocycles. The molecule has 2 fully saturated rings. The first-order valence-corrected chi connectivity index (χ1v) is 12.3. The highest BCUT2D eigenvalue weighted by Gasteiger charge is 2.70. The Kier molecular flexibility index (Phi) is 4.73. The van der Waals surface area contributed by atoms with Gasteiger partial charge in [-0.2, -0.15) is 0 Å². The quantitative estimate of drug-likeness (QED) is 0.298. The van der Waals surface area contributed by atoms with Gasteiger partial charge >= 0.3 is 0 Å². The van der Waals surface area contributed by atoms with Crippen LogP contribution in [0.1, 0.15) is 11.1 Å². The number of halogens is 1. The second-order valence-electron chi connectivity index (χ2n) is 9.78. The minimum atomic E-state index is -1.54. The fourth-order valence-corrected chi connectivity index (χ4v) is 6.35. The van der Waals surface area contributed by atoms with Crippen molar-refractivity contribution in [2.24, 2.45) is 11.8 Å². The molecule has 11 heteroatoms. The molecule has 0 aliphatic carbocycles. The van der Waals surface area contributed by atoms with Crippen molar-refractivity contribution in [2.45, 2.75) is 18.0 Å². The number of carbonyl (C=O) groups is 3. The molecule has 7 rings (SSSR count). The third-order valence-corrected chi connectivity index (χ3v) is 8.02. The van der Waals surface area contributed by atoms with Crippen molar-refractivity contribution in [3.63, 3.8) is 0 Å². The highest BCUT2D eigenvalue weighted by molar-refractivity contribution is 6.31. The average molecular weight is 534 g/mol. The number of carbonyl (C=O) groups excluding carboxylic acids is 3. The van der Waals surface area contributed by atoms with Gasteiger partial charge < -0.3 is 25.0 Å². The second kappa shape index (κ2) is 7.86. The predicted octanol–water partition coefficient (Wildman–Crippen LogP) is 2.65. The smallest absolute Gasteiger partial charge is 0.250 e. The zero-order chi connectivity index (χ0) is 26.3. The molecule has 4 aliphatic heterocycles. The minimum absolute atomic E-state index is 0.0399. The van der Waals surface area contributed by atoms with Gasteiger partial charge in [0.25, 0.3) is 0 Å². The lowest BCUT2D eigenvalue weighted by Gasteiger charge is -2.29. The molecule has 4 heterocycles. The molecule has 0 bridgehead atoms. The number of ether oxygens (including phenoxy) is 2. The Morgan fingerprint density at radius 2 is 1.76 bits per heavy atom. The summed E-state index contributed by atoms with van der Waals surface area (Å²) in [6, 6.07) is 13.5. The number of nitrogens with one attached hydrogen (secondary N) is 2. The van der Waals surface area contributed by atoms with E-state index in [2.05, 4.69) is 10.6 Å². The van der Waals surface area contributed by atoms with Gasteiger partial charge in [0.2, 0.25) is 24.5 Å². The van der Waals surface area contributed by atoms with E-state index in [0.717, 1.165) is 4.90 Å². The van der Waals surface area contributed by atoms with Crippen LogP contribution in [0.2, 0.25) is 5.02 Å². The van der Waals surface area contributed by atoms with E-state index >= 15 is 0 Å². The zero-order valence-electron chi connectivity index (χ0n) is 19.6. The summed E-state index contributed by atoms with van der Waals surface area (Å²) in [5, 5.41) is 26.3. The third-order valence-electron chi connectivity index (χ3n) is 7.79. The first kappa shape index (κ1) is 22.9. The van der Waals surface area contributed by atoms with Gasteiger partial charge in [-0.05, 0) is 54.4 Å². The molecule has 38 heavy (non-hydrogen) atoms. The highest BCUT2D eigenvalue weighted by atomic mass is 35.5. The Hall–Kier alpha value is -4.28. The zero-order valence-corrected chi connectivity index (χ0v) is 20.4. The maximum Gasteiger partial charge on any atom is 0.250 e. The van der Waals surface area contributed by atoms with Crippen LogP contribution in [-0.2, 0) is 26.3 Å². The van der Waals surface area contributed by atoms with E-state index in [1.165, 1.54) is 12.1 Å². The summed E-state index contributed by atoms with van der Waals surface area (Å²) in [5.41, 5.74) is 0.400. The lowest BCUT2D eigenvalue weighted by atomic mass is 9.76. The Morgan fingerprint density at radius 1 is 0.947 bits per heavy atom. The third kappa shape index (κ3) is 3.01. The monoisotopic (exact) mass is 533 g/mol. The maximum atomic E-state index is 14.1. The summed E-state index contributed by atoms with van der Waals surface area (Å²) in [7, 11) is 0. The van der Waals surface area contributed by atoms with Crippen LogP contribution in [0.3, 0.4) is 0 Å². The van der Waals surface area contributed by atoms with Crippen LogP contribution < -0.4 is 25.0 Å². The van der Waals surface area contributed by atoms with Crippen LogP contribution in [0.25, 0.3) is 0 Å². The van der Waals surface area contributed by atoms with Gasteiger partial charge in [0.1, 0.15) is 5.54 Å². The van der Waals surface area contributed by atoms with E-state index in [9.17, 15) is 24.6 Å². The van der Waals surface area contributed by atoms with Crippen molar-refractivity contribution in [1.82, 2.24) is 5.32 Å². The Balaban J connectivity index is 1.36. The van der Waals surface area contributed by atoms with Gasteiger partial charge in [-0.1, -0.05) is 17.7 Å². The number of amides is 3. The van der Waals surface area contributed by atoms with Crippen molar-refractivity contribution in [3.05, 3.63) is 70.7 Å². The number of hydrogen-bond donors (Lipinski definition) is 4. The van der Waals surface area contributed by atoms with Gasteiger partial charge in [0.05, 0.1) is 17.5 Å². The molecular weight excluding hydrogens is 514 g/mol. The molecule has 0 radical (unpaired) electrons. The molecule has 3 aromatic rings. The highest BCUT2D eigenvalue weighted by Crippen LogP contribution is 2.54. The van der Waals surface area contributed by atoms with E-state index in [0.29, 0.717) is 39.0 Å². The number of fused-ring (bicyclic) bond motifs is 5. The first-order valence-electron chi connectivity index (χ1n) is 12.0. The lowest BCUT2D eigenvalue weighted by Crippen LogP contribution is -2.53. The normalized spacial score (nSPS) is 26.7. The molecule has 4 N–H and O–H groups in total. The summed E-state index contributed by atoms with van der Waals surface area (Å²) in [6.45, 7) is 0.0399. The van der Waals surface area contributed by atoms with E-state index in [4.69, 9.17) is 21.1 Å². The number of phenols is 2. The number of hydrogen-bond acceptors (Lipinski definition) is 8. The molecule has 2 saturated heterocycles. The molecule has 4 atom stereocenters. The Morgan fingerprint density at radius 3 is 2.58 bits per heavy atom. The molecule has 2 unspecified atom stereocenters. The molecule has 3 aromatic carbocycles. The van der Waals surface area contributed by atoms with Gasteiger partial charge in [-0.25, -0.2) is 4.90 Å². The summed E-state index contributed by atoms with van der Waals surface area (Å²) in [6.07, 6.45) is 0.202. The van der Waals surface area contributed by atoms with Crippen LogP contribution in [0.5, 0.6) is 23.0 Å². The van der Waals surface area contributed by atoms with Crippen LogP contribution >= 0.6 is 11.6 Å². The van der Waals surface area contributed by atoms with Gasteiger partial charge in [-0.15, -0.1) is 0 Å². The van der Waals surface area contributed by atoms with Crippen molar-refractivity contribution in [2.75, 3.05) is 17.0 Å². The number of aromatic hydroxyl groups is 2. The average Bonchev–Trinajstić information content (AvgIpc) is 3.61. The molecule has 0 saturated carbocycles. The van der Waals surface area contributed by atoms with Crippen molar-refractivity contribution in [3.8, 4) is 23.0 Å². The molecule has 10 nitrogen and oxygen atoms in total. The number of phenolic OH excluding ortho intramolecular Hbond substituents is 2. The lowest BCUT2D eigenvalue weighted by molar-refractivity contribution is -0.130. The summed E-state index contributed by atoms with van der Waals surface area (Å²) in [5.74, 6) is -3.05. The van der Waals surface area contributed by atoms with Gasteiger partial charge in [-0.3, -0.25) is 19.7 Å². The van der Waals surface area contributed by atoms with Crippen molar-refractivity contribution >= 4 is 40.7 Å². The number of anilines is 2. The van der Waals surface area contributed by atoms with Crippen LogP contribution in [0.15, 0.2) is 54.6 Å². The van der Waals surface area contributed by atoms with Crippen molar-refractivity contribution < 1.29 is 34.1 Å². The van der Waals surface area contributed by atoms with E-state index < -0.39 is 41.1 Å². The largest absolute Gasteiger partial charge is 0.504 e. The fraction of sp³-hybridized carbons (Fsp3) is 0.222. The molecule has 192 valence electrons. The number of imide groups is 1. The molecular formula is C27H20ClN3O7. The van der Waals surface area contributed by atoms with E-state index in [1.807, 2.05) is 0 Å².